The van der Waals surface area contributed by atoms with Gasteiger partial charge in [-0.15, -0.1) is 11.8 Å². The molecule has 47 heavy (non-hydrogen) atoms. The van der Waals surface area contributed by atoms with Gasteiger partial charge in [0.1, 0.15) is 10.9 Å². The maximum Gasteiger partial charge on any atom is 0.272 e. The van der Waals surface area contributed by atoms with Crippen molar-refractivity contribution in [2.45, 2.75) is 24.0 Å². The van der Waals surface area contributed by atoms with Crippen molar-refractivity contribution in [3.8, 4) is 0 Å². The zero-order valence-corrected chi connectivity index (χ0v) is 27.9. The average molecular weight is 681 g/mol. The first kappa shape index (κ1) is 33.5. The van der Waals surface area contributed by atoms with Crippen molar-refractivity contribution in [3.05, 3.63) is 165 Å². The number of nitrogens with one attached hydrogen (secondary N) is 3. The van der Waals surface area contributed by atoms with Gasteiger partial charge >= 0.3 is 0 Å². The number of aryl methyl sites for hydroxylation is 2. The van der Waals surface area contributed by atoms with Crippen LogP contribution in [0.15, 0.2) is 132 Å². The Morgan fingerprint density at radius 1 is 0.681 bits per heavy atom. The monoisotopic (exact) mass is 679 g/mol. The summed E-state index contributed by atoms with van der Waals surface area (Å²) < 4.78 is 0. The van der Waals surface area contributed by atoms with Crippen molar-refractivity contribution in [2.24, 2.45) is 0 Å². The highest BCUT2D eigenvalue weighted by molar-refractivity contribution is 8.00. The van der Waals surface area contributed by atoms with Crippen LogP contribution in [-0.4, -0.2) is 17.7 Å². The molecule has 3 amide bonds. The van der Waals surface area contributed by atoms with Crippen molar-refractivity contribution in [1.82, 2.24) is 5.32 Å². The van der Waals surface area contributed by atoms with E-state index in [4.69, 9.17) is 23.2 Å². The van der Waals surface area contributed by atoms with Crippen LogP contribution in [0.5, 0.6) is 0 Å². The van der Waals surface area contributed by atoms with E-state index in [9.17, 15) is 14.4 Å². The predicted molar refractivity (Wildman–Crippen MR) is 193 cm³/mol. The Bertz CT molecular complexity index is 1930. The number of rotatable bonds is 10. The zero-order valence-electron chi connectivity index (χ0n) is 25.6. The van der Waals surface area contributed by atoms with Crippen LogP contribution in [0, 0.1) is 13.8 Å². The van der Waals surface area contributed by atoms with E-state index >= 15 is 0 Å². The second-order valence-corrected chi connectivity index (χ2v) is 12.7. The smallest absolute Gasteiger partial charge is 0.272 e. The van der Waals surface area contributed by atoms with Gasteiger partial charge in [-0.2, -0.15) is 0 Å². The highest BCUT2D eigenvalue weighted by Crippen LogP contribution is 2.37. The largest absolute Gasteiger partial charge is 0.325 e. The van der Waals surface area contributed by atoms with Crippen molar-refractivity contribution in [2.75, 3.05) is 10.6 Å². The van der Waals surface area contributed by atoms with E-state index in [2.05, 4.69) is 16.0 Å². The van der Waals surface area contributed by atoms with Gasteiger partial charge in [-0.1, -0.05) is 89.9 Å². The Hall–Kier alpha value is -4.82. The number of benzene rings is 5. The minimum atomic E-state index is -0.584. The van der Waals surface area contributed by atoms with E-state index in [1.54, 1.807) is 66.7 Å². The van der Waals surface area contributed by atoms with E-state index in [0.29, 0.717) is 26.9 Å². The molecule has 236 valence electrons. The molecule has 5 aromatic rings. The maximum atomic E-state index is 13.7. The summed E-state index contributed by atoms with van der Waals surface area (Å²) in [6, 6.07) is 36.0. The summed E-state index contributed by atoms with van der Waals surface area (Å²) in [5, 5.41) is 8.69. The van der Waals surface area contributed by atoms with E-state index in [-0.39, 0.29) is 11.6 Å². The molecule has 3 N–H and O–H groups in total. The van der Waals surface area contributed by atoms with Crippen LogP contribution in [-0.2, 0) is 9.59 Å². The first-order chi connectivity index (χ1) is 22.7. The molecule has 0 saturated heterocycles. The first-order valence-corrected chi connectivity index (χ1v) is 16.3. The number of hydrogen-bond donors (Lipinski definition) is 3. The molecule has 1 unspecified atom stereocenters. The molecule has 0 aliphatic heterocycles. The molecule has 0 heterocycles. The van der Waals surface area contributed by atoms with Gasteiger partial charge in [0.2, 0.25) is 5.91 Å². The fraction of sp³-hybridized carbons (Fsp3) is 0.0789. The maximum absolute atomic E-state index is 13.7. The third-order valence-corrected chi connectivity index (χ3v) is 9.19. The molecule has 0 aromatic heterocycles. The molecule has 0 bridgehead atoms. The average Bonchev–Trinajstić information content (AvgIpc) is 3.07. The highest BCUT2D eigenvalue weighted by Gasteiger charge is 2.23. The van der Waals surface area contributed by atoms with Crippen LogP contribution in [0.25, 0.3) is 6.08 Å². The van der Waals surface area contributed by atoms with Crippen LogP contribution in [0.2, 0.25) is 10.0 Å². The van der Waals surface area contributed by atoms with Gasteiger partial charge in [-0.3, -0.25) is 14.4 Å². The molecular weight excluding hydrogens is 649 g/mol. The molecule has 6 nitrogen and oxygen atoms in total. The van der Waals surface area contributed by atoms with Crippen molar-refractivity contribution >= 4 is 70.1 Å². The summed E-state index contributed by atoms with van der Waals surface area (Å²) in [4.78, 5) is 41.1. The number of thioether (sulfide) groups is 1. The Labute approximate surface area is 288 Å². The zero-order chi connectivity index (χ0) is 33.3. The quantitative estimate of drug-likeness (QED) is 0.101. The number of hydrogen-bond acceptors (Lipinski definition) is 4. The second kappa shape index (κ2) is 15.6. The summed E-state index contributed by atoms with van der Waals surface area (Å²) in [5.74, 6) is -1.23. The van der Waals surface area contributed by atoms with Crippen LogP contribution in [0.1, 0.15) is 37.9 Å². The van der Waals surface area contributed by atoms with Gasteiger partial charge in [-0.05, 0) is 91.2 Å². The minimum Gasteiger partial charge on any atom is -0.325 e. The lowest BCUT2D eigenvalue weighted by Gasteiger charge is -2.18. The minimum absolute atomic E-state index is 0.0539. The van der Waals surface area contributed by atoms with Crippen LogP contribution in [0.4, 0.5) is 11.4 Å². The summed E-state index contributed by atoms with van der Waals surface area (Å²) in [7, 11) is 0. The summed E-state index contributed by atoms with van der Waals surface area (Å²) in [5.41, 5.74) is 4.95. The van der Waals surface area contributed by atoms with Crippen molar-refractivity contribution < 1.29 is 14.4 Å². The summed E-state index contributed by atoms with van der Waals surface area (Å²) in [6.07, 6.45) is 1.45. The van der Waals surface area contributed by atoms with Crippen LogP contribution < -0.4 is 16.0 Å². The summed E-state index contributed by atoms with van der Waals surface area (Å²) >= 11 is 14.1. The normalized spacial score (nSPS) is 11.8. The van der Waals surface area contributed by atoms with Crippen LogP contribution in [0.3, 0.4) is 0 Å². The topological polar surface area (TPSA) is 87.3 Å². The molecule has 5 rings (SSSR count). The van der Waals surface area contributed by atoms with E-state index in [0.717, 1.165) is 27.3 Å². The van der Waals surface area contributed by atoms with E-state index in [1.807, 2.05) is 68.4 Å². The SMILES string of the molecule is Cc1ccc(NC(=O)C(Sc2cccc(NC(=O)/C(=C\c3c(Cl)cccc3Cl)NC(=O)c3ccccc3)c2)c2ccccc2)cc1C. The third kappa shape index (κ3) is 8.92. The van der Waals surface area contributed by atoms with Crippen LogP contribution >= 0.6 is 35.0 Å². The number of carbonyl (C=O) groups is 3. The number of amides is 3. The van der Waals surface area contributed by atoms with E-state index in [1.165, 1.54) is 17.8 Å². The molecule has 0 spiro atoms. The lowest BCUT2D eigenvalue weighted by Crippen LogP contribution is -2.30. The first-order valence-electron chi connectivity index (χ1n) is 14.7. The molecule has 1 atom stereocenters. The van der Waals surface area contributed by atoms with Crippen molar-refractivity contribution in [1.29, 1.82) is 0 Å². The highest BCUT2D eigenvalue weighted by atomic mass is 35.5. The fourth-order valence-corrected chi connectivity index (χ4v) is 6.23. The number of halogens is 2. The standard InChI is InChI=1S/C38H31Cl2N3O3S/c1-24-19-20-29(21-25(24)2)42-38(46)35(26-11-5-3-6-12-26)47-30-16-9-15-28(22-30)41-37(45)34(23-31-32(39)17-10-18-33(31)40)43-36(44)27-13-7-4-8-14-27/h3-23,35H,1-2H3,(H,41,45)(H,42,46)(H,43,44)/b34-23+. The third-order valence-electron chi connectivity index (χ3n) is 7.28. The Kier molecular flexibility index (Phi) is 11.2. The second-order valence-electron chi connectivity index (χ2n) is 10.7. The molecule has 0 fully saturated rings. The van der Waals surface area contributed by atoms with Gasteiger partial charge < -0.3 is 16.0 Å². The van der Waals surface area contributed by atoms with Gasteiger partial charge in [-0.25, -0.2) is 0 Å². The Morgan fingerprint density at radius 3 is 2.00 bits per heavy atom. The van der Waals surface area contributed by atoms with Gasteiger partial charge in [0.25, 0.3) is 11.8 Å². The lowest BCUT2D eigenvalue weighted by atomic mass is 10.1. The predicted octanol–water partition coefficient (Wildman–Crippen LogP) is 9.49. The Balaban J connectivity index is 1.40. The number of carbonyl (C=O) groups excluding carboxylic acids is 3. The molecular formula is C38H31Cl2N3O3S. The fourth-order valence-electron chi connectivity index (χ4n) is 4.64. The van der Waals surface area contributed by atoms with Gasteiger partial charge in [0.05, 0.1) is 0 Å². The molecule has 5 aromatic carbocycles. The number of anilines is 2. The summed E-state index contributed by atoms with van der Waals surface area (Å²) in [6.45, 7) is 4.03. The molecule has 0 aliphatic rings. The van der Waals surface area contributed by atoms with Crippen molar-refractivity contribution in [3.63, 3.8) is 0 Å². The molecule has 0 radical (unpaired) electrons. The Morgan fingerprint density at radius 2 is 1.32 bits per heavy atom. The molecule has 9 heteroatoms. The van der Waals surface area contributed by atoms with Gasteiger partial charge in [0.15, 0.2) is 0 Å². The van der Waals surface area contributed by atoms with E-state index < -0.39 is 17.1 Å². The molecule has 0 aliphatic carbocycles. The lowest BCUT2D eigenvalue weighted by molar-refractivity contribution is -0.116. The molecule has 0 saturated carbocycles. The van der Waals surface area contributed by atoms with Gasteiger partial charge in [0, 0.05) is 37.4 Å².